The molecule has 1 N–H and O–H groups in total. The Kier molecular flexibility index (Phi) is 4.48. The number of carboxylic acid groups (broad SMARTS) is 1. The molecule has 1 saturated carbocycles. The van der Waals surface area contributed by atoms with Crippen molar-refractivity contribution in [3.05, 3.63) is 10.6 Å². The number of hydrogen-bond donors (Lipinski definition) is 1. The maximum atomic E-state index is 11.4. The van der Waals surface area contributed by atoms with E-state index in [0.29, 0.717) is 10.9 Å². The fourth-order valence-electron chi connectivity index (χ4n) is 3.90. The molecule has 5 heteroatoms. The molecule has 4 nitrogen and oxygen atoms in total. The van der Waals surface area contributed by atoms with Gasteiger partial charge in [-0.05, 0) is 38.0 Å². The Balaban J connectivity index is 1.88. The molecule has 1 aromatic heterocycles. The third-order valence-electron chi connectivity index (χ3n) is 4.86. The van der Waals surface area contributed by atoms with E-state index < -0.39 is 5.97 Å². The molecule has 0 unspecified atom stereocenters. The van der Waals surface area contributed by atoms with Crippen molar-refractivity contribution in [3.8, 4) is 0 Å². The van der Waals surface area contributed by atoms with Crippen LogP contribution in [0.25, 0.3) is 0 Å². The van der Waals surface area contributed by atoms with Gasteiger partial charge in [-0.15, -0.1) is 0 Å². The number of nitrogens with zero attached hydrogens (tertiary/aromatic N) is 2. The van der Waals surface area contributed by atoms with Crippen molar-refractivity contribution in [1.29, 1.82) is 0 Å². The first-order valence-electron chi connectivity index (χ1n) is 8.20. The molecule has 0 aromatic carbocycles. The summed E-state index contributed by atoms with van der Waals surface area (Å²) >= 11 is 1.39. The molecule has 3 rings (SSSR count). The number of anilines is 1. The minimum Gasteiger partial charge on any atom is -0.477 e. The van der Waals surface area contributed by atoms with Gasteiger partial charge in [-0.1, -0.05) is 37.5 Å². The molecule has 0 radical (unpaired) electrons. The van der Waals surface area contributed by atoms with E-state index in [-0.39, 0.29) is 0 Å². The zero-order chi connectivity index (χ0) is 14.8. The second kappa shape index (κ2) is 6.34. The van der Waals surface area contributed by atoms with Crippen molar-refractivity contribution >= 4 is 22.4 Å². The van der Waals surface area contributed by atoms with Crippen molar-refractivity contribution in [2.24, 2.45) is 5.92 Å². The lowest BCUT2D eigenvalue weighted by Gasteiger charge is -2.44. The summed E-state index contributed by atoms with van der Waals surface area (Å²) in [5.74, 6) is -0.0290. The molecule has 1 aromatic rings. The summed E-state index contributed by atoms with van der Waals surface area (Å²) in [5.41, 5.74) is 0.780. The van der Waals surface area contributed by atoms with Gasteiger partial charge in [0.2, 0.25) is 0 Å². The predicted molar refractivity (Wildman–Crippen MR) is 85.4 cm³/mol. The summed E-state index contributed by atoms with van der Waals surface area (Å²) in [6.45, 7) is 3.11. The number of aryl methyl sites for hydroxylation is 1. The van der Waals surface area contributed by atoms with Gasteiger partial charge in [-0.2, -0.15) is 0 Å². The van der Waals surface area contributed by atoms with Gasteiger partial charge in [0, 0.05) is 12.6 Å². The average Bonchev–Trinajstić information content (AvgIpc) is 2.91. The Hall–Kier alpha value is -1.10. The molecule has 0 spiro atoms. The number of thiazole rings is 1. The summed E-state index contributed by atoms with van der Waals surface area (Å²) in [4.78, 5) is 19.0. The monoisotopic (exact) mass is 308 g/mol. The Morgan fingerprint density at radius 1 is 1.33 bits per heavy atom. The fourth-order valence-corrected chi connectivity index (χ4v) is 4.93. The van der Waals surface area contributed by atoms with E-state index in [2.05, 4.69) is 11.8 Å². The molecular formula is C16H24N2O2S. The smallest absolute Gasteiger partial charge is 0.347 e. The van der Waals surface area contributed by atoms with Crippen LogP contribution in [-0.4, -0.2) is 28.6 Å². The van der Waals surface area contributed by atoms with E-state index in [0.717, 1.165) is 36.1 Å². The van der Waals surface area contributed by atoms with Crippen LogP contribution in [0.2, 0.25) is 0 Å². The highest BCUT2D eigenvalue weighted by Gasteiger charge is 2.35. The highest BCUT2D eigenvalue weighted by molar-refractivity contribution is 7.17. The highest BCUT2D eigenvalue weighted by Crippen LogP contribution is 2.39. The molecule has 2 atom stereocenters. The van der Waals surface area contributed by atoms with Gasteiger partial charge >= 0.3 is 5.97 Å². The van der Waals surface area contributed by atoms with Crippen molar-refractivity contribution in [3.63, 3.8) is 0 Å². The van der Waals surface area contributed by atoms with E-state index in [1.807, 2.05) is 0 Å². The summed E-state index contributed by atoms with van der Waals surface area (Å²) in [5, 5.41) is 10.3. The normalized spacial score (nSPS) is 25.7. The predicted octanol–water partition coefficient (Wildman–Crippen LogP) is 3.95. The molecule has 1 saturated heterocycles. The first-order valence-corrected chi connectivity index (χ1v) is 9.02. The number of fused-ring (bicyclic) bond motifs is 1. The molecule has 0 bridgehead atoms. The number of carbonyl (C=O) groups is 1. The second-order valence-corrected chi connectivity index (χ2v) is 7.25. The van der Waals surface area contributed by atoms with Gasteiger partial charge in [0.05, 0.1) is 5.69 Å². The quantitative estimate of drug-likeness (QED) is 0.915. The number of hydrogen-bond acceptors (Lipinski definition) is 4. The van der Waals surface area contributed by atoms with Gasteiger partial charge in [-0.25, -0.2) is 9.78 Å². The lowest BCUT2D eigenvalue weighted by Crippen LogP contribution is -2.46. The third kappa shape index (κ3) is 2.93. The van der Waals surface area contributed by atoms with E-state index >= 15 is 0 Å². The number of aromatic carboxylic acids is 1. The van der Waals surface area contributed by atoms with Crippen LogP contribution in [0.15, 0.2) is 0 Å². The number of piperidine rings is 1. The topological polar surface area (TPSA) is 53.4 Å². The molecule has 21 heavy (non-hydrogen) atoms. The van der Waals surface area contributed by atoms with Crippen molar-refractivity contribution in [2.75, 3.05) is 11.4 Å². The standard InChI is InChI=1S/C16H24N2O2S/c1-2-6-12-14(15(19)20)21-16(17-12)18-10-5-8-11-7-3-4-9-13(11)18/h11,13H,2-10H2,1H3,(H,19,20)/t11-,13-/m1/s1. The Morgan fingerprint density at radius 2 is 2.10 bits per heavy atom. The number of carboxylic acids is 1. The Labute approximate surface area is 130 Å². The maximum absolute atomic E-state index is 11.4. The highest BCUT2D eigenvalue weighted by atomic mass is 32.1. The van der Waals surface area contributed by atoms with E-state index in [1.165, 1.54) is 49.9 Å². The van der Waals surface area contributed by atoms with Gasteiger partial charge < -0.3 is 10.0 Å². The summed E-state index contributed by atoms with van der Waals surface area (Å²) < 4.78 is 0. The summed E-state index contributed by atoms with van der Waals surface area (Å²) in [7, 11) is 0. The van der Waals surface area contributed by atoms with Crippen LogP contribution in [-0.2, 0) is 6.42 Å². The van der Waals surface area contributed by atoms with E-state index in [4.69, 9.17) is 4.98 Å². The van der Waals surface area contributed by atoms with Crippen LogP contribution < -0.4 is 4.90 Å². The van der Waals surface area contributed by atoms with E-state index in [1.54, 1.807) is 0 Å². The van der Waals surface area contributed by atoms with Crippen LogP contribution in [0.3, 0.4) is 0 Å². The third-order valence-corrected chi connectivity index (χ3v) is 5.98. The summed E-state index contributed by atoms with van der Waals surface area (Å²) in [6, 6.07) is 0.592. The molecule has 1 aliphatic carbocycles. The maximum Gasteiger partial charge on any atom is 0.347 e. The minimum absolute atomic E-state index is 0.449. The second-order valence-electron chi connectivity index (χ2n) is 6.27. The minimum atomic E-state index is -0.820. The molecule has 2 heterocycles. The number of aromatic nitrogens is 1. The lowest BCUT2D eigenvalue weighted by atomic mass is 9.78. The largest absolute Gasteiger partial charge is 0.477 e. The molecule has 116 valence electrons. The molecular weight excluding hydrogens is 284 g/mol. The number of rotatable bonds is 4. The van der Waals surface area contributed by atoms with Crippen molar-refractivity contribution < 1.29 is 9.90 Å². The molecule has 0 amide bonds. The van der Waals surface area contributed by atoms with Crippen LogP contribution in [0.1, 0.15) is 67.2 Å². The average molecular weight is 308 g/mol. The SMILES string of the molecule is CCCc1nc(N2CCC[C@H]3CCCC[C@H]32)sc1C(=O)O. The van der Waals surface area contributed by atoms with Gasteiger partial charge in [-0.3, -0.25) is 0 Å². The summed E-state index contributed by atoms with van der Waals surface area (Å²) in [6.07, 6.45) is 9.49. The molecule has 2 aliphatic rings. The van der Waals surface area contributed by atoms with E-state index in [9.17, 15) is 9.90 Å². The van der Waals surface area contributed by atoms with Crippen LogP contribution in [0.4, 0.5) is 5.13 Å². The van der Waals surface area contributed by atoms with Gasteiger partial charge in [0.25, 0.3) is 0 Å². The molecule has 1 aliphatic heterocycles. The fraction of sp³-hybridized carbons (Fsp3) is 0.750. The zero-order valence-corrected chi connectivity index (χ0v) is 13.5. The first-order chi connectivity index (χ1) is 10.2. The lowest BCUT2D eigenvalue weighted by molar-refractivity contribution is 0.0700. The van der Waals surface area contributed by atoms with Crippen LogP contribution in [0.5, 0.6) is 0 Å². The zero-order valence-electron chi connectivity index (χ0n) is 12.7. The van der Waals surface area contributed by atoms with Gasteiger partial charge in [0.15, 0.2) is 5.13 Å². The van der Waals surface area contributed by atoms with Crippen molar-refractivity contribution in [1.82, 2.24) is 4.98 Å². The Bertz CT molecular complexity index is 512. The van der Waals surface area contributed by atoms with Crippen LogP contribution >= 0.6 is 11.3 Å². The first kappa shape index (κ1) is 14.8. The van der Waals surface area contributed by atoms with Crippen molar-refractivity contribution in [2.45, 2.75) is 64.3 Å². The van der Waals surface area contributed by atoms with Gasteiger partial charge in [0.1, 0.15) is 4.88 Å². The molecule has 2 fully saturated rings. The Morgan fingerprint density at radius 3 is 2.86 bits per heavy atom. The van der Waals surface area contributed by atoms with Crippen LogP contribution in [0, 0.1) is 5.92 Å².